The van der Waals surface area contributed by atoms with E-state index in [-0.39, 0.29) is 35.0 Å². The van der Waals surface area contributed by atoms with Gasteiger partial charge in [-0.2, -0.15) is 4.57 Å². The molecule has 0 aliphatic heterocycles. The number of thiazole rings is 1. The van der Waals surface area contributed by atoms with Crippen molar-refractivity contribution in [3.8, 4) is 0 Å². The predicted octanol–water partition coefficient (Wildman–Crippen LogP) is -0.861. The fourth-order valence-corrected chi connectivity index (χ4v) is 2.31. The smallest absolute Gasteiger partial charge is 0.269 e. The highest BCUT2D eigenvalue weighted by atomic mass is 79.9. The van der Waals surface area contributed by atoms with E-state index in [4.69, 9.17) is 0 Å². The number of aromatic nitrogens is 1. The summed E-state index contributed by atoms with van der Waals surface area (Å²) in [7, 11) is 0. The summed E-state index contributed by atoms with van der Waals surface area (Å²) in [6, 6.07) is 5.67. The van der Waals surface area contributed by atoms with E-state index in [0.29, 0.717) is 5.56 Å². The third-order valence-electron chi connectivity index (χ3n) is 2.59. The molecule has 0 fully saturated rings. The highest BCUT2D eigenvalue weighted by Crippen LogP contribution is 2.12. The van der Waals surface area contributed by atoms with Crippen LogP contribution in [0.25, 0.3) is 0 Å². The van der Waals surface area contributed by atoms with E-state index < -0.39 is 4.92 Å². The van der Waals surface area contributed by atoms with Crippen molar-refractivity contribution in [3.63, 3.8) is 0 Å². The van der Waals surface area contributed by atoms with Gasteiger partial charge in [0.1, 0.15) is 0 Å². The summed E-state index contributed by atoms with van der Waals surface area (Å²) < 4.78 is 1.86. The van der Waals surface area contributed by atoms with Crippen LogP contribution in [-0.4, -0.2) is 10.7 Å². The van der Waals surface area contributed by atoms with Crippen molar-refractivity contribution < 1.29 is 31.3 Å². The first-order chi connectivity index (χ1) is 8.58. The average molecular weight is 343 g/mol. The lowest BCUT2D eigenvalue weighted by Gasteiger charge is -1.97. The van der Waals surface area contributed by atoms with Crippen LogP contribution in [0.15, 0.2) is 35.2 Å². The minimum atomic E-state index is -0.480. The number of halogens is 1. The molecule has 0 aliphatic carbocycles. The molecule has 1 aromatic heterocycles. The molecule has 0 radical (unpaired) electrons. The van der Waals surface area contributed by atoms with Crippen LogP contribution in [0.2, 0.25) is 0 Å². The Labute approximate surface area is 124 Å². The van der Waals surface area contributed by atoms with Crippen molar-refractivity contribution in [2.24, 2.45) is 0 Å². The van der Waals surface area contributed by atoms with Gasteiger partial charge in [0.15, 0.2) is 5.69 Å². The maximum Gasteiger partial charge on any atom is 0.269 e. The third kappa shape index (κ3) is 3.68. The lowest BCUT2D eigenvalue weighted by Crippen LogP contribution is -3.00. The number of hydrogen-bond acceptors (Lipinski definition) is 4. The van der Waals surface area contributed by atoms with Gasteiger partial charge in [-0.3, -0.25) is 14.9 Å². The molecular formula is C12H11BrN2O3S. The number of non-ortho nitro benzene ring substituents is 1. The van der Waals surface area contributed by atoms with Crippen LogP contribution in [0.3, 0.4) is 0 Å². The number of nitro benzene ring substituents is 1. The highest BCUT2D eigenvalue weighted by molar-refractivity contribution is 7.07. The van der Waals surface area contributed by atoms with Gasteiger partial charge in [0.25, 0.3) is 5.69 Å². The molecule has 100 valence electrons. The van der Waals surface area contributed by atoms with E-state index in [1.54, 1.807) is 0 Å². The molecular weight excluding hydrogens is 332 g/mol. The van der Waals surface area contributed by atoms with Crippen LogP contribution in [0.1, 0.15) is 16.1 Å². The molecule has 2 rings (SSSR count). The van der Waals surface area contributed by atoms with Crippen LogP contribution in [0.4, 0.5) is 5.69 Å². The highest BCUT2D eigenvalue weighted by Gasteiger charge is 2.16. The molecule has 7 heteroatoms. The first-order valence-corrected chi connectivity index (χ1v) is 6.22. The van der Waals surface area contributed by atoms with Crippen LogP contribution in [0, 0.1) is 17.0 Å². The maximum absolute atomic E-state index is 12.0. The summed E-state index contributed by atoms with van der Waals surface area (Å²) in [6.07, 6.45) is 0. The molecule has 0 aliphatic rings. The number of carbonyl (C=O) groups is 1. The standard InChI is InChI=1S/C12H11N2O3S.BrH/c1-9-7-18-8-13(9)6-12(15)10-2-4-11(5-3-10)14(16)17;/h2-5,7-8H,6H2,1H3;1H/q+1;/p-1. The first-order valence-electron chi connectivity index (χ1n) is 5.28. The number of nitrogens with zero attached hydrogens (tertiary/aromatic N) is 2. The number of carbonyl (C=O) groups excluding carboxylic acids is 1. The molecule has 0 unspecified atom stereocenters. The second-order valence-corrected chi connectivity index (χ2v) is 4.57. The topological polar surface area (TPSA) is 64.1 Å². The van der Waals surface area contributed by atoms with Crippen LogP contribution >= 0.6 is 11.3 Å². The summed E-state index contributed by atoms with van der Waals surface area (Å²) in [5.41, 5.74) is 3.37. The Morgan fingerprint density at radius 2 is 2.00 bits per heavy atom. The largest absolute Gasteiger partial charge is 1.00 e. The van der Waals surface area contributed by atoms with Crippen LogP contribution in [0.5, 0.6) is 0 Å². The van der Waals surface area contributed by atoms with Gasteiger partial charge < -0.3 is 17.0 Å². The molecule has 5 nitrogen and oxygen atoms in total. The molecule has 0 atom stereocenters. The monoisotopic (exact) mass is 342 g/mol. The number of nitro groups is 1. The maximum atomic E-state index is 12.0. The van der Waals surface area contributed by atoms with Gasteiger partial charge in [-0.25, -0.2) is 0 Å². The Balaban J connectivity index is 0.00000180. The number of hydrogen-bond donors (Lipinski definition) is 0. The third-order valence-corrected chi connectivity index (χ3v) is 3.45. The Hall–Kier alpha value is -1.60. The molecule has 0 bridgehead atoms. The number of aryl methyl sites for hydroxylation is 1. The number of Topliss-reactive ketones (excluding diaryl/α,β-unsaturated/α-hetero) is 1. The normalized spacial score (nSPS) is 9.74. The molecule has 0 N–H and O–H groups in total. The molecule has 1 aromatic carbocycles. The van der Waals surface area contributed by atoms with Crippen molar-refractivity contribution in [1.82, 2.24) is 0 Å². The van der Waals surface area contributed by atoms with E-state index in [9.17, 15) is 14.9 Å². The first kappa shape index (κ1) is 15.5. The SMILES string of the molecule is Cc1csc[n+]1CC(=O)c1ccc([N+](=O)[O-])cc1.[Br-]. The van der Waals surface area contributed by atoms with E-state index in [1.807, 2.05) is 22.4 Å². The summed E-state index contributed by atoms with van der Waals surface area (Å²) in [5, 5.41) is 12.5. The zero-order valence-electron chi connectivity index (χ0n) is 10.1. The fourth-order valence-electron chi connectivity index (χ4n) is 1.53. The van der Waals surface area contributed by atoms with Gasteiger partial charge in [-0.1, -0.05) is 11.3 Å². The Morgan fingerprint density at radius 1 is 1.37 bits per heavy atom. The van der Waals surface area contributed by atoms with Crippen molar-refractivity contribution in [3.05, 3.63) is 56.5 Å². The number of benzene rings is 1. The lowest BCUT2D eigenvalue weighted by atomic mass is 10.1. The van der Waals surface area contributed by atoms with Gasteiger partial charge in [0.05, 0.1) is 10.3 Å². The van der Waals surface area contributed by atoms with E-state index in [0.717, 1.165) is 5.69 Å². The molecule has 0 saturated carbocycles. The van der Waals surface area contributed by atoms with Gasteiger partial charge in [-0.05, 0) is 12.1 Å². The van der Waals surface area contributed by atoms with Gasteiger partial charge in [-0.15, -0.1) is 0 Å². The summed E-state index contributed by atoms with van der Waals surface area (Å²) in [6.45, 7) is 2.19. The molecule has 19 heavy (non-hydrogen) atoms. The van der Waals surface area contributed by atoms with E-state index in [2.05, 4.69) is 0 Å². The summed E-state index contributed by atoms with van der Waals surface area (Å²) >= 11 is 1.53. The van der Waals surface area contributed by atoms with Crippen molar-refractivity contribution in [1.29, 1.82) is 0 Å². The van der Waals surface area contributed by atoms with Crippen molar-refractivity contribution in [2.75, 3.05) is 0 Å². The van der Waals surface area contributed by atoms with Gasteiger partial charge >= 0.3 is 0 Å². The fraction of sp³-hybridized carbons (Fsp3) is 0.167. The lowest BCUT2D eigenvalue weighted by molar-refractivity contribution is -0.684. The number of rotatable bonds is 4. The molecule has 2 aromatic rings. The van der Waals surface area contributed by atoms with Crippen LogP contribution in [-0.2, 0) is 6.54 Å². The number of ketones is 1. The molecule has 0 amide bonds. The predicted molar refractivity (Wildman–Crippen MR) is 66.7 cm³/mol. The van der Waals surface area contributed by atoms with Crippen molar-refractivity contribution in [2.45, 2.75) is 13.5 Å². The van der Waals surface area contributed by atoms with E-state index >= 15 is 0 Å². The average Bonchev–Trinajstić information content (AvgIpc) is 2.75. The zero-order valence-corrected chi connectivity index (χ0v) is 12.5. The zero-order chi connectivity index (χ0) is 13.1. The molecule has 0 saturated heterocycles. The molecule has 0 spiro atoms. The minimum absolute atomic E-state index is 0. The Bertz CT molecular complexity index is 595. The Morgan fingerprint density at radius 3 is 2.47 bits per heavy atom. The van der Waals surface area contributed by atoms with Crippen LogP contribution < -0.4 is 21.5 Å². The van der Waals surface area contributed by atoms with Gasteiger partial charge in [0.2, 0.25) is 17.8 Å². The minimum Gasteiger partial charge on any atom is -1.00 e. The summed E-state index contributed by atoms with van der Waals surface area (Å²) in [4.78, 5) is 22.0. The second-order valence-electron chi connectivity index (χ2n) is 3.86. The second kappa shape index (κ2) is 6.53. The quantitative estimate of drug-likeness (QED) is 0.314. The summed E-state index contributed by atoms with van der Waals surface area (Å²) in [5.74, 6) is -0.0589. The Kier molecular flexibility index (Phi) is 5.31. The molecule has 1 heterocycles. The van der Waals surface area contributed by atoms with Crippen molar-refractivity contribution >= 4 is 22.8 Å². The van der Waals surface area contributed by atoms with Gasteiger partial charge in [0, 0.05) is 24.6 Å². The van der Waals surface area contributed by atoms with E-state index in [1.165, 1.54) is 35.6 Å².